The molecule has 3 heterocycles. The average Bonchev–Trinajstić information content (AvgIpc) is 3.01. The van der Waals surface area contributed by atoms with Crippen molar-refractivity contribution < 1.29 is 9.18 Å². The fourth-order valence-electron chi connectivity index (χ4n) is 3.57. The lowest BCUT2D eigenvalue weighted by Gasteiger charge is -2.23. The van der Waals surface area contributed by atoms with Gasteiger partial charge in [0, 0.05) is 56.6 Å². The Kier molecular flexibility index (Phi) is 5.90. The Morgan fingerprint density at radius 1 is 1.03 bits per heavy atom. The number of benzene rings is 1. The van der Waals surface area contributed by atoms with Crippen molar-refractivity contribution in [2.45, 2.75) is 13.3 Å². The predicted molar refractivity (Wildman–Crippen MR) is 115 cm³/mol. The number of nitrogens with zero attached hydrogens (tertiary/aromatic N) is 5. The largest absolute Gasteiger partial charge is 0.353 e. The molecule has 154 valence electrons. The Morgan fingerprint density at radius 3 is 2.57 bits per heavy atom. The highest BCUT2D eigenvalue weighted by atomic mass is 35.5. The quantitative estimate of drug-likeness (QED) is 0.633. The van der Waals surface area contributed by atoms with Gasteiger partial charge < -0.3 is 9.80 Å². The maximum absolute atomic E-state index is 13.4. The van der Waals surface area contributed by atoms with E-state index in [1.54, 1.807) is 43.7 Å². The van der Waals surface area contributed by atoms with E-state index in [4.69, 9.17) is 16.6 Å². The zero-order chi connectivity index (χ0) is 21.1. The Labute approximate surface area is 179 Å². The maximum atomic E-state index is 13.4. The van der Waals surface area contributed by atoms with Crippen LogP contribution in [0.2, 0.25) is 5.02 Å². The SMILES string of the molecule is CC(=O)N1CCCN(c2cnc(-c3ccc(F)cc3)c(-c3ccncc3Cl)n2)CC1. The standard InChI is InChI=1S/C22H21ClFN5O/c1-15(30)28-9-2-10-29(12-11-28)20-14-26-21(16-3-5-17(24)6-4-16)22(27-20)18-7-8-25-13-19(18)23/h3-8,13-14H,2,9-12H2,1H3. The second-order valence-corrected chi connectivity index (χ2v) is 7.54. The fraction of sp³-hybridized carbons (Fsp3) is 0.273. The molecule has 1 aliphatic rings. The molecule has 0 saturated carbocycles. The summed E-state index contributed by atoms with van der Waals surface area (Å²) in [6.07, 6.45) is 5.80. The first-order valence-electron chi connectivity index (χ1n) is 9.76. The predicted octanol–water partition coefficient (Wildman–Crippen LogP) is 4.06. The third-order valence-corrected chi connectivity index (χ3v) is 5.47. The van der Waals surface area contributed by atoms with Crippen LogP contribution in [0.25, 0.3) is 22.5 Å². The summed E-state index contributed by atoms with van der Waals surface area (Å²) in [7, 11) is 0. The first-order valence-corrected chi connectivity index (χ1v) is 10.1. The molecule has 0 aliphatic carbocycles. The molecule has 30 heavy (non-hydrogen) atoms. The monoisotopic (exact) mass is 425 g/mol. The van der Waals surface area contributed by atoms with E-state index in [9.17, 15) is 9.18 Å². The highest BCUT2D eigenvalue weighted by Crippen LogP contribution is 2.34. The smallest absolute Gasteiger partial charge is 0.219 e. The summed E-state index contributed by atoms with van der Waals surface area (Å²) in [5.74, 6) is 0.486. The lowest BCUT2D eigenvalue weighted by atomic mass is 10.0. The van der Waals surface area contributed by atoms with E-state index in [2.05, 4.69) is 14.9 Å². The fourth-order valence-corrected chi connectivity index (χ4v) is 3.78. The molecule has 6 nitrogen and oxygen atoms in total. The number of carbonyl (C=O) groups excluding carboxylic acids is 1. The lowest BCUT2D eigenvalue weighted by Crippen LogP contribution is -2.34. The number of aromatic nitrogens is 3. The number of halogens is 2. The Morgan fingerprint density at radius 2 is 1.83 bits per heavy atom. The maximum Gasteiger partial charge on any atom is 0.219 e. The Bertz CT molecular complexity index is 1060. The molecule has 8 heteroatoms. The molecule has 1 fully saturated rings. The molecule has 2 aromatic heterocycles. The number of amides is 1. The van der Waals surface area contributed by atoms with E-state index in [0.717, 1.165) is 25.1 Å². The molecule has 0 N–H and O–H groups in total. The number of carbonyl (C=O) groups is 1. The van der Waals surface area contributed by atoms with Gasteiger partial charge in [0.2, 0.25) is 5.91 Å². The first kappa shape index (κ1) is 20.2. The Hall–Kier alpha value is -3.06. The van der Waals surface area contributed by atoms with Crippen LogP contribution in [0.1, 0.15) is 13.3 Å². The van der Waals surface area contributed by atoms with E-state index in [0.29, 0.717) is 40.9 Å². The summed E-state index contributed by atoms with van der Waals surface area (Å²) in [5, 5.41) is 0.464. The zero-order valence-corrected chi connectivity index (χ0v) is 17.3. The lowest BCUT2D eigenvalue weighted by molar-refractivity contribution is -0.128. The van der Waals surface area contributed by atoms with Gasteiger partial charge in [-0.1, -0.05) is 11.6 Å². The van der Waals surface area contributed by atoms with Gasteiger partial charge in [0.05, 0.1) is 16.9 Å². The number of rotatable bonds is 3. The van der Waals surface area contributed by atoms with Crippen LogP contribution in [0.3, 0.4) is 0 Å². The molecule has 3 aromatic rings. The molecule has 1 aliphatic heterocycles. The summed E-state index contributed by atoms with van der Waals surface area (Å²) < 4.78 is 13.4. The van der Waals surface area contributed by atoms with Crippen LogP contribution in [-0.2, 0) is 4.79 Å². The van der Waals surface area contributed by atoms with E-state index in [-0.39, 0.29) is 11.7 Å². The van der Waals surface area contributed by atoms with Crippen LogP contribution in [0.5, 0.6) is 0 Å². The van der Waals surface area contributed by atoms with Crippen molar-refractivity contribution in [3.8, 4) is 22.5 Å². The van der Waals surface area contributed by atoms with Gasteiger partial charge in [-0.2, -0.15) is 0 Å². The summed E-state index contributed by atoms with van der Waals surface area (Å²) in [6, 6.07) is 7.94. The van der Waals surface area contributed by atoms with Crippen molar-refractivity contribution in [2.24, 2.45) is 0 Å². The van der Waals surface area contributed by atoms with Gasteiger partial charge in [-0.3, -0.25) is 14.8 Å². The van der Waals surface area contributed by atoms with E-state index < -0.39 is 0 Å². The van der Waals surface area contributed by atoms with E-state index >= 15 is 0 Å². The molecule has 0 atom stereocenters. The van der Waals surface area contributed by atoms with Crippen LogP contribution in [0.4, 0.5) is 10.2 Å². The first-order chi connectivity index (χ1) is 14.5. The summed E-state index contributed by atoms with van der Waals surface area (Å²) in [4.78, 5) is 29.3. The van der Waals surface area contributed by atoms with Crippen molar-refractivity contribution >= 4 is 23.3 Å². The van der Waals surface area contributed by atoms with Gasteiger partial charge >= 0.3 is 0 Å². The van der Waals surface area contributed by atoms with Gasteiger partial charge in [0.25, 0.3) is 0 Å². The highest BCUT2D eigenvalue weighted by Gasteiger charge is 2.21. The molecule has 0 spiro atoms. The molecular formula is C22H21ClFN5O. The summed E-state index contributed by atoms with van der Waals surface area (Å²) in [6.45, 7) is 4.42. The topological polar surface area (TPSA) is 62.2 Å². The van der Waals surface area contributed by atoms with Crippen molar-refractivity contribution in [1.82, 2.24) is 19.9 Å². The molecule has 0 radical (unpaired) electrons. The molecule has 0 bridgehead atoms. The molecule has 4 rings (SSSR count). The number of hydrogen-bond acceptors (Lipinski definition) is 5. The third-order valence-electron chi connectivity index (χ3n) is 5.17. The second-order valence-electron chi connectivity index (χ2n) is 7.13. The number of pyridine rings is 1. The number of anilines is 1. The average molecular weight is 426 g/mol. The van der Waals surface area contributed by atoms with Crippen molar-refractivity contribution in [3.63, 3.8) is 0 Å². The van der Waals surface area contributed by atoms with Gasteiger partial charge in [-0.05, 0) is 36.8 Å². The molecular weight excluding hydrogens is 405 g/mol. The Balaban J connectivity index is 1.76. The van der Waals surface area contributed by atoms with Crippen molar-refractivity contribution in [1.29, 1.82) is 0 Å². The van der Waals surface area contributed by atoms with Crippen LogP contribution >= 0.6 is 11.6 Å². The van der Waals surface area contributed by atoms with Crippen molar-refractivity contribution in [2.75, 3.05) is 31.1 Å². The van der Waals surface area contributed by atoms with E-state index in [1.165, 1.54) is 12.1 Å². The van der Waals surface area contributed by atoms with Gasteiger partial charge in [-0.15, -0.1) is 0 Å². The van der Waals surface area contributed by atoms with E-state index in [1.807, 2.05) is 4.90 Å². The normalized spacial score (nSPS) is 14.5. The minimum absolute atomic E-state index is 0.0823. The molecule has 1 saturated heterocycles. The zero-order valence-electron chi connectivity index (χ0n) is 16.6. The van der Waals surface area contributed by atoms with Gasteiger partial charge in [0.15, 0.2) is 0 Å². The van der Waals surface area contributed by atoms with Gasteiger partial charge in [0.1, 0.15) is 17.3 Å². The van der Waals surface area contributed by atoms with Crippen LogP contribution in [0.15, 0.2) is 48.9 Å². The van der Waals surface area contributed by atoms with Gasteiger partial charge in [-0.25, -0.2) is 9.37 Å². The highest BCUT2D eigenvalue weighted by molar-refractivity contribution is 6.33. The summed E-state index contributed by atoms with van der Waals surface area (Å²) in [5.41, 5.74) is 2.68. The van der Waals surface area contributed by atoms with Crippen LogP contribution in [0, 0.1) is 5.82 Å². The summed E-state index contributed by atoms with van der Waals surface area (Å²) >= 11 is 6.41. The van der Waals surface area contributed by atoms with Crippen LogP contribution < -0.4 is 4.90 Å². The molecule has 1 aromatic carbocycles. The minimum atomic E-state index is -0.314. The number of hydrogen-bond donors (Lipinski definition) is 0. The van der Waals surface area contributed by atoms with Crippen LogP contribution in [-0.4, -0.2) is 51.9 Å². The minimum Gasteiger partial charge on any atom is -0.353 e. The van der Waals surface area contributed by atoms with Crippen molar-refractivity contribution in [3.05, 3.63) is 59.8 Å². The third kappa shape index (κ3) is 4.26. The second kappa shape index (κ2) is 8.75. The molecule has 0 unspecified atom stereocenters. The molecule has 1 amide bonds.